The van der Waals surface area contributed by atoms with Crippen molar-refractivity contribution in [3.8, 4) is 11.5 Å². The number of unbranched alkanes of at least 4 members (excludes halogenated alkanes) is 2. The number of thioether (sulfide) groups is 1. The number of fused-ring (bicyclic) bond motifs is 1. The van der Waals surface area contributed by atoms with Gasteiger partial charge in [0.15, 0.2) is 17.3 Å². The first-order valence-electron chi connectivity index (χ1n) is 8.14. The molecule has 0 radical (unpaired) electrons. The molecule has 0 bridgehead atoms. The van der Waals surface area contributed by atoms with Gasteiger partial charge in [-0.1, -0.05) is 31.5 Å². The van der Waals surface area contributed by atoms with E-state index in [1.54, 1.807) is 26.0 Å². The minimum Gasteiger partial charge on any atom is -0.493 e. The smallest absolute Gasteiger partial charge is 0.212 e. The molecule has 2 heterocycles. The molecule has 1 aromatic carbocycles. The summed E-state index contributed by atoms with van der Waals surface area (Å²) in [5.41, 5.74) is 2.02. The first-order chi connectivity index (χ1) is 11.8. The lowest BCUT2D eigenvalue weighted by atomic mass is 10.1. The third kappa shape index (κ3) is 3.40. The van der Waals surface area contributed by atoms with Crippen LogP contribution in [0.25, 0.3) is 0 Å². The monoisotopic (exact) mass is 346 g/mol. The van der Waals surface area contributed by atoms with Crippen LogP contribution in [0.2, 0.25) is 0 Å². The lowest BCUT2D eigenvalue weighted by molar-refractivity contribution is 0.355. The Morgan fingerprint density at radius 3 is 2.71 bits per heavy atom. The van der Waals surface area contributed by atoms with Crippen LogP contribution in [-0.2, 0) is 6.42 Å². The molecule has 0 spiro atoms. The van der Waals surface area contributed by atoms with Crippen LogP contribution in [0.15, 0.2) is 28.5 Å². The van der Waals surface area contributed by atoms with Crippen molar-refractivity contribution in [3.63, 3.8) is 0 Å². The summed E-state index contributed by atoms with van der Waals surface area (Å²) in [6.45, 7) is 2.20. The predicted octanol–water partition coefficient (Wildman–Crippen LogP) is 3.39. The molecule has 6 nitrogen and oxygen atoms in total. The second kappa shape index (κ2) is 7.70. The molecule has 0 aliphatic carbocycles. The molecule has 0 N–H and O–H groups in total. The Bertz CT molecular complexity index is 742. The van der Waals surface area contributed by atoms with Gasteiger partial charge in [-0.15, -0.1) is 10.2 Å². The Morgan fingerprint density at radius 2 is 1.96 bits per heavy atom. The zero-order chi connectivity index (χ0) is 16.9. The summed E-state index contributed by atoms with van der Waals surface area (Å²) < 4.78 is 12.6. The number of hydrogen-bond donors (Lipinski definition) is 0. The molecule has 0 atom stereocenters. The van der Waals surface area contributed by atoms with Crippen LogP contribution in [0.4, 0.5) is 0 Å². The minimum absolute atomic E-state index is 0.709. The molecule has 0 saturated carbocycles. The van der Waals surface area contributed by atoms with Crippen LogP contribution in [0, 0.1) is 0 Å². The molecule has 2 aromatic rings. The summed E-state index contributed by atoms with van der Waals surface area (Å²) in [7, 11) is 3.28. The Morgan fingerprint density at radius 1 is 1.12 bits per heavy atom. The number of aryl methyl sites for hydroxylation is 1. The predicted molar refractivity (Wildman–Crippen MR) is 95.5 cm³/mol. The average Bonchev–Trinajstić information content (AvgIpc) is 3.03. The number of ether oxygens (including phenoxy) is 2. The second-order valence-electron chi connectivity index (χ2n) is 5.57. The summed E-state index contributed by atoms with van der Waals surface area (Å²) in [5, 5.41) is 14.2. The normalized spacial score (nSPS) is 13.4. The summed E-state index contributed by atoms with van der Waals surface area (Å²) in [5.74, 6) is 3.13. The lowest BCUT2D eigenvalue weighted by Crippen LogP contribution is -2.15. The summed E-state index contributed by atoms with van der Waals surface area (Å²) in [4.78, 5) is 0. The molecule has 0 unspecified atom stereocenters. The SMILES string of the molecule is CCCCCc1nnc2n1N=C(c1ccc(OC)c(OC)c1)CS2. The fourth-order valence-corrected chi connectivity index (χ4v) is 3.47. The van der Waals surface area contributed by atoms with Crippen molar-refractivity contribution in [2.75, 3.05) is 20.0 Å². The molecular formula is C17H22N4O2S. The molecule has 7 heteroatoms. The van der Waals surface area contributed by atoms with E-state index in [9.17, 15) is 0 Å². The number of aromatic nitrogens is 3. The first-order valence-corrected chi connectivity index (χ1v) is 9.12. The molecule has 0 amide bonds. The van der Waals surface area contributed by atoms with Crippen LogP contribution in [0.3, 0.4) is 0 Å². The van der Waals surface area contributed by atoms with E-state index >= 15 is 0 Å². The van der Waals surface area contributed by atoms with Gasteiger partial charge in [-0.05, 0) is 24.6 Å². The topological polar surface area (TPSA) is 61.5 Å². The third-order valence-electron chi connectivity index (χ3n) is 3.96. The fraction of sp³-hybridized carbons (Fsp3) is 0.471. The Balaban J connectivity index is 1.88. The Kier molecular flexibility index (Phi) is 5.40. The van der Waals surface area contributed by atoms with E-state index in [0.29, 0.717) is 5.75 Å². The highest BCUT2D eigenvalue weighted by Gasteiger charge is 2.20. The maximum Gasteiger partial charge on any atom is 0.212 e. The van der Waals surface area contributed by atoms with E-state index in [-0.39, 0.29) is 0 Å². The van der Waals surface area contributed by atoms with E-state index in [0.717, 1.165) is 46.6 Å². The third-order valence-corrected chi connectivity index (χ3v) is 4.89. The zero-order valence-electron chi connectivity index (χ0n) is 14.3. The van der Waals surface area contributed by atoms with Crippen molar-refractivity contribution < 1.29 is 9.47 Å². The van der Waals surface area contributed by atoms with Gasteiger partial charge in [0.1, 0.15) is 0 Å². The van der Waals surface area contributed by atoms with Crippen molar-refractivity contribution in [2.24, 2.45) is 5.10 Å². The number of nitrogens with zero attached hydrogens (tertiary/aromatic N) is 4. The van der Waals surface area contributed by atoms with Crippen molar-refractivity contribution in [1.82, 2.24) is 14.9 Å². The molecule has 1 aliphatic rings. The van der Waals surface area contributed by atoms with Gasteiger partial charge in [0.05, 0.1) is 19.9 Å². The molecule has 3 rings (SSSR count). The Labute approximate surface area is 146 Å². The van der Waals surface area contributed by atoms with Gasteiger partial charge in [-0.25, -0.2) is 0 Å². The molecule has 1 aromatic heterocycles. The van der Waals surface area contributed by atoms with Gasteiger partial charge in [-0.2, -0.15) is 9.78 Å². The zero-order valence-corrected chi connectivity index (χ0v) is 15.1. The van der Waals surface area contributed by atoms with Gasteiger partial charge in [0.2, 0.25) is 5.16 Å². The first kappa shape index (κ1) is 16.8. The van der Waals surface area contributed by atoms with Gasteiger partial charge >= 0.3 is 0 Å². The molecule has 24 heavy (non-hydrogen) atoms. The number of hydrogen-bond acceptors (Lipinski definition) is 6. The van der Waals surface area contributed by atoms with E-state index in [1.807, 2.05) is 22.9 Å². The maximum atomic E-state index is 5.39. The van der Waals surface area contributed by atoms with Gasteiger partial charge in [-0.3, -0.25) is 0 Å². The molecule has 128 valence electrons. The lowest BCUT2D eigenvalue weighted by Gasteiger charge is -2.15. The van der Waals surface area contributed by atoms with Crippen LogP contribution in [0.1, 0.15) is 37.6 Å². The number of methoxy groups -OCH3 is 2. The highest BCUT2D eigenvalue weighted by Crippen LogP contribution is 2.30. The number of benzene rings is 1. The number of rotatable bonds is 7. The second-order valence-corrected chi connectivity index (χ2v) is 6.52. The van der Waals surface area contributed by atoms with Crippen LogP contribution in [0.5, 0.6) is 11.5 Å². The maximum absolute atomic E-state index is 5.39. The standard InChI is InChI=1S/C17H22N4O2S/c1-4-5-6-7-16-18-19-17-21(16)20-13(11-24-17)12-8-9-14(22-2)15(10-12)23-3/h8-10H,4-7,11H2,1-3H3. The van der Waals surface area contributed by atoms with Gasteiger partial charge in [0.25, 0.3) is 0 Å². The van der Waals surface area contributed by atoms with Crippen molar-refractivity contribution in [1.29, 1.82) is 0 Å². The van der Waals surface area contributed by atoms with Crippen LogP contribution < -0.4 is 9.47 Å². The van der Waals surface area contributed by atoms with E-state index in [2.05, 4.69) is 17.1 Å². The van der Waals surface area contributed by atoms with E-state index in [4.69, 9.17) is 14.6 Å². The highest BCUT2D eigenvalue weighted by molar-refractivity contribution is 7.99. The van der Waals surface area contributed by atoms with E-state index < -0.39 is 0 Å². The van der Waals surface area contributed by atoms with Crippen LogP contribution >= 0.6 is 11.8 Å². The van der Waals surface area contributed by atoms with E-state index in [1.165, 1.54) is 12.8 Å². The largest absolute Gasteiger partial charge is 0.493 e. The van der Waals surface area contributed by atoms with Crippen molar-refractivity contribution >= 4 is 17.5 Å². The summed E-state index contributed by atoms with van der Waals surface area (Å²) in [6, 6.07) is 5.88. The fourth-order valence-electron chi connectivity index (χ4n) is 2.61. The molecular weight excluding hydrogens is 324 g/mol. The molecule has 0 saturated heterocycles. The van der Waals surface area contributed by atoms with Gasteiger partial charge < -0.3 is 9.47 Å². The molecule has 1 aliphatic heterocycles. The summed E-state index contributed by atoms with van der Waals surface area (Å²) in [6.07, 6.45) is 4.40. The van der Waals surface area contributed by atoms with Crippen LogP contribution in [-0.4, -0.2) is 40.6 Å². The minimum atomic E-state index is 0.709. The van der Waals surface area contributed by atoms with Crippen molar-refractivity contribution in [2.45, 2.75) is 37.8 Å². The quantitative estimate of drug-likeness (QED) is 0.719. The van der Waals surface area contributed by atoms with Crippen molar-refractivity contribution in [3.05, 3.63) is 29.6 Å². The average molecular weight is 346 g/mol. The molecule has 0 fully saturated rings. The van der Waals surface area contributed by atoms with Gasteiger partial charge in [0, 0.05) is 17.7 Å². The Hall–Kier alpha value is -2.02. The summed E-state index contributed by atoms with van der Waals surface area (Å²) >= 11 is 1.66. The highest BCUT2D eigenvalue weighted by atomic mass is 32.2.